The fourth-order valence-corrected chi connectivity index (χ4v) is 3.61. The van der Waals surface area contributed by atoms with E-state index in [-0.39, 0.29) is 17.2 Å². The first kappa shape index (κ1) is 18.5. The van der Waals surface area contributed by atoms with Crippen LogP contribution in [0, 0.1) is 0 Å². The number of amides is 2. The van der Waals surface area contributed by atoms with E-state index in [1.54, 1.807) is 42.5 Å². The third kappa shape index (κ3) is 4.04. The standard InChI is InChI=1S/C20H15N5O3S/c1-12(26)21-13-7-8-15-17(11-13)29-20(22-15)23-19(28)16-9-10-18(27)25(24-16)14-5-3-2-4-6-14/h2-11H,1H3,(H,21,26)(H,22,23,28). The van der Waals surface area contributed by atoms with Crippen LogP contribution in [0.2, 0.25) is 0 Å². The van der Waals surface area contributed by atoms with E-state index in [0.717, 1.165) is 4.70 Å². The van der Waals surface area contributed by atoms with Crippen molar-refractivity contribution in [2.75, 3.05) is 10.6 Å². The molecule has 2 amide bonds. The summed E-state index contributed by atoms with van der Waals surface area (Å²) in [6.07, 6.45) is 0. The molecule has 2 aromatic heterocycles. The Labute approximate surface area is 168 Å². The fraction of sp³-hybridized carbons (Fsp3) is 0.0500. The normalized spacial score (nSPS) is 10.7. The van der Waals surface area contributed by atoms with Crippen molar-refractivity contribution in [3.63, 3.8) is 0 Å². The van der Waals surface area contributed by atoms with E-state index in [2.05, 4.69) is 20.7 Å². The number of nitrogens with one attached hydrogen (secondary N) is 2. The van der Waals surface area contributed by atoms with Gasteiger partial charge in [0.25, 0.3) is 11.5 Å². The molecule has 0 aliphatic heterocycles. The van der Waals surface area contributed by atoms with E-state index in [1.807, 2.05) is 6.07 Å². The predicted molar refractivity (Wildman–Crippen MR) is 112 cm³/mol. The Bertz CT molecular complexity index is 1280. The predicted octanol–water partition coefficient (Wildman–Crippen LogP) is 3.05. The number of rotatable bonds is 4. The Morgan fingerprint density at radius 3 is 2.55 bits per heavy atom. The van der Waals surface area contributed by atoms with Crippen LogP contribution < -0.4 is 16.2 Å². The smallest absolute Gasteiger partial charge is 0.277 e. The van der Waals surface area contributed by atoms with Crippen molar-refractivity contribution in [2.45, 2.75) is 6.92 Å². The average molecular weight is 405 g/mol. The summed E-state index contributed by atoms with van der Waals surface area (Å²) in [5, 5.41) is 9.97. The van der Waals surface area contributed by atoms with Gasteiger partial charge in [-0.1, -0.05) is 29.5 Å². The molecule has 0 spiro atoms. The van der Waals surface area contributed by atoms with Crippen LogP contribution >= 0.6 is 11.3 Å². The molecule has 0 atom stereocenters. The number of hydrogen-bond donors (Lipinski definition) is 2. The van der Waals surface area contributed by atoms with Gasteiger partial charge in [-0.25, -0.2) is 4.98 Å². The van der Waals surface area contributed by atoms with Crippen molar-refractivity contribution in [1.82, 2.24) is 14.8 Å². The molecule has 144 valence electrons. The van der Waals surface area contributed by atoms with E-state index >= 15 is 0 Å². The van der Waals surface area contributed by atoms with Crippen molar-refractivity contribution in [3.8, 4) is 5.69 Å². The number of aromatic nitrogens is 3. The van der Waals surface area contributed by atoms with Gasteiger partial charge in [-0.2, -0.15) is 9.78 Å². The Kier molecular flexibility index (Phi) is 4.88. The van der Waals surface area contributed by atoms with Gasteiger partial charge in [-0.05, 0) is 36.4 Å². The molecule has 0 radical (unpaired) electrons. The fourth-order valence-electron chi connectivity index (χ4n) is 2.71. The van der Waals surface area contributed by atoms with Gasteiger partial charge in [-0.3, -0.25) is 19.7 Å². The molecule has 2 N–H and O–H groups in total. The second-order valence-corrected chi connectivity index (χ2v) is 7.17. The minimum atomic E-state index is -0.476. The molecule has 0 unspecified atom stereocenters. The molecule has 0 fully saturated rings. The lowest BCUT2D eigenvalue weighted by Gasteiger charge is -2.06. The van der Waals surface area contributed by atoms with E-state index in [1.165, 1.54) is 35.1 Å². The van der Waals surface area contributed by atoms with E-state index in [0.29, 0.717) is 22.0 Å². The number of fused-ring (bicyclic) bond motifs is 1. The lowest BCUT2D eigenvalue weighted by atomic mass is 10.3. The number of benzene rings is 2. The molecular formula is C20H15N5O3S. The van der Waals surface area contributed by atoms with Crippen LogP contribution in [0.25, 0.3) is 15.9 Å². The Hall–Kier alpha value is -3.85. The minimum Gasteiger partial charge on any atom is -0.326 e. The molecule has 0 aliphatic carbocycles. The first-order valence-corrected chi connectivity index (χ1v) is 9.46. The van der Waals surface area contributed by atoms with E-state index < -0.39 is 5.91 Å². The zero-order valence-electron chi connectivity index (χ0n) is 15.2. The van der Waals surface area contributed by atoms with Crippen LogP contribution in [0.3, 0.4) is 0 Å². The second kappa shape index (κ2) is 7.64. The van der Waals surface area contributed by atoms with Crippen molar-refractivity contribution in [2.24, 2.45) is 0 Å². The molecule has 8 nitrogen and oxygen atoms in total. The van der Waals surface area contributed by atoms with Gasteiger partial charge < -0.3 is 5.32 Å². The molecule has 9 heteroatoms. The Morgan fingerprint density at radius 1 is 1.00 bits per heavy atom. The first-order chi connectivity index (χ1) is 14.0. The van der Waals surface area contributed by atoms with Crippen molar-refractivity contribution in [1.29, 1.82) is 0 Å². The Balaban J connectivity index is 1.59. The van der Waals surface area contributed by atoms with Gasteiger partial charge >= 0.3 is 0 Å². The van der Waals surface area contributed by atoms with E-state index in [9.17, 15) is 14.4 Å². The third-order valence-corrected chi connectivity index (χ3v) is 4.90. The number of anilines is 2. The monoisotopic (exact) mass is 405 g/mol. The molecule has 0 bridgehead atoms. The molecular weight excluding hydrogens is 390 g/mol. The first-order valence-electron chi connectivity index (χ1n) is 8.65. The van der Waals surface area contributed by atoms with Gasteiger partial charge in [-0.15, -0.1) is 0 Å². The van der Waals surface area contributed by atoms with Crippen LogP contribution in [0.1, 0.15) is 17.4 Å². The summed E-state index contributed by atoms with van der Waals surface area (Å²) in [6.45, 7) is 1.43. The number of thiazole rings is 1. The molecule has 2 heterocycles. The zero-order chi connectivity index (χ0) is 20.4. The van der Waals surface area contributed by atoms with Gasteiger partial charge in [0.05, 0.1) is 15.9 Å². The van der Waals surface area contributed by atoms with Crippen molar-refractivity contribution < 1.29 is 9.59 Å². The van der Waals surface area contributed by atoms with Gasteiger partial charge in [0, 0.05) is 18.7 Å². The van der Waals surface area contributed by atoms with Gasteiger partial charge in [0.1, 0.15) is 5.69 Å². The van der Waals surface area contributed by atoms with Crippen LogP contribution in [0.4, 0.5) is 10.8 Å². The Morgan fingerprint density at radius 2 is 1.79 bits per heavy atom. The van der Waals surface area contributed by atoms with Crippen LogP contribution in [0.15, 0.2) is 65.5 Å². The number of hydrogen-bond acceptors (Lipinski definition) is 6. The van der Waals surface area contributed by atoms with Crippen molar-refractivity contribution >= 4 is 44.2 Å². The minimum absolute atomic E-state index is 0.0895. The third-order valence-electron chi connectivity index (χ3n) is 3.96. The largest absolute Gasteiger partial charge is 0.326 e. The number of carbonyl (C=O) groups excluding carboxylic acids is 2. The van der Waals surface area contributed by atoms with Crippen LogP contribution in [0.5, 0.6) is 0 Å². The van der Waals surface area contributed by atoms with Crippen molar-refractivity contribution in [3.05, 3.63) is 76.7 Å². The molecule has 29 heavy (non-hydrogen) atoms. The molecule has 0 saturated carbocycles. The highest BCUT2D eigenvalue weighted by atomic mass is 32.1. The lowest BCUT2D eigenvalue weighted by molar-refractivity contribution is -0.114. The SMILES string of the molecule is CC(=O)Nc1ccc2nc(NC(=O)c3ccc(=O)n(-c4ccccc4)n3)sc2c1. The maximum absolute atomic E-state index is 12.6. The number of carbonyl (C=O) groups is 2. The molecule has 4 rings (SSSR count). The summed E-state index contributed by atoms with van der Waals surface area (Å²) in [6, 6.07) is 16.8. The number of para-hydroxylation sites is 1. The summed E-state index contributed by atoms with van der Waals surface area (Å²) in [4.78, 5) is 40.3. The number of nitrogens with zero attached hydrogens (tertiary/aromatic N) is 3. The molecule has 0 aliphatic rings. The summed E-state index contributed by atoms with van der Waals surface area (Å²) < 4.78 is 1.99. The highest BCUT2D eigenvalue weighted by Gasteiger charge is 2.14. The summed E-state index contributed by atoms with van der Waals surface area (Å²) in [5.74, 6) is -0.641. The second-order valence-electron chi connectivity index (χ2n) is 6.14. The van der Waals surface area contributed by atoms with Crippen LogP contribution in [-0.4, -0.2) is 26.6 Å². The average Bonchev–Trinajstić information content (AvgIpc) is 3.10. The molecule has 2 aromatic carbocycles. The summed E-state index contributed by atoms with van der Waals surface area (Å²) in [7, 11) is 0. The highest BCUT2D eigenvalue weighted by Crippen LogP contribution is 2.28. The molecule has 4 aromatic rings. The van der Waals surface area contributed by atoms with Gasteiger partial charge in [0.15, 0.2) is 5.13 Å². The van der Waals surface area contributed by atoms with Gasteiger partial charge in [0.2, 0.25) is 5.91 Å². The topological polar surface area (TPSA) is 106 Å². The quantitative estimate of drug-likeness (QED) is 0.543. The zero-order valence-corrected chi connectivity index (χ0v) is 16.1. The summed E-state index contributed by atoms with van der Waals surface area (Å²) >= 11 is 1.27. The lowest BCUT2D eigenvalue weighted by Crippen LogP contribution is -2.24. The maximum Gasteiger partial charge on any atom is 0.277 e. The summed E-state index contributed by atoms with van der Waals surface area (Å²) in [5.41, 5.74) is 1.67. The highest BCUT2D eigenvalue weighted by molar-refractivity contribution is 7.22. The maximum atomic E-state index is 12.6. The molecule has 0 saturated heterocycles. The van der Waals surface area contributed by atoms with Crippen LogP contribution in [-0.2, 0) is 4.79 Å². The van der Waals surface area contributed by atoms with E-state index in [4.69, 9.17) is 0 Å².